The molecular weight excluding hydrogens is 343 g/mol. The molecule has 0 saturated carbocycles. The van der Waals surface area contributed by atoms with Crippen molar-refractivity contribution in [2.75, 3.05) is 0 Å². The molecule has 0 aromatic heterocycles. The van der Waals surface area contributed by atoms with E-state index >= 15 is 0 Å². The van der Waals surface area contributed by atoms with Crippen molar-refractivity contribution in [3.05, 3.63) is 102 Å². The fraction of sp³-hybridized carbons (Fsp3) is 0. The third-order valence-corrected chi connectivity index (χ3v) is 3.94. The first-order valence-electron chi connectivity index (χ1n) is 7.22. The SMILES string of the molecule is [CH]1C(c2ccccc2)=Cc2c1cccc2-c1ccccc1.[Zr]. The van der Waals surface area contributed by atoms with Crippen LogP contribution in [-0.2, 0) is 26.2 Å². The molecule has 0 heterocycles. The fourth-order valence-corrected chi connectivity index (χ4v) is 2.90. The zero-order valence-corrected chi connectivity index (χ0v) is 14.6. The Morgan fingerprint density at radius 1 is 0.545 bits per heavy atom. The normalized spacial score (nSPS) is 12.3. The van der Waals surface area contributed by atoms with E-state index in [-0.39, 0.29) is 26.2 Å². The van der Waals surface area contributed by atoms with Gasteiger partial charge in [0.25, 0.3) is 0 Å². The fourth-order valence-electron chi connectivity index (χ4n) is 2.90. The van der Waals surface area contributed by atoms with Crippen molar-refractivity contribution in [3.8, 4) is 11.1 Å². The Morgan fingerprint density at radius 2 is 1.18 bits per heavy atom. The summed E-state index contributed by atoms with van der Waals surface area (Å²) < 4.78 is 0. The summed E-state index contributed by atoms with van der Waals surface area (Å²) in [5.41, 5.74) is 7.75. The second-order valence-electron chi connectivity index (χ2n) is 5.28. The van der Waals surface area contributed by atoms with Crippen LogP contribution in [0.3, 0.4) is 0 Å². The summed E-state index contributed by atoms with van der Waals surface area (Å²) in [6.07, 6.45) is 4.57. The number of fused-ring (bicyclic) bond motifs is 1. The third-order valence-electron chi connectivity index (χ3n) is 3.94. The first-order valence-corrected chi connectivity index (χ1v) is 7.22. The van der Waals surface area contributed by atoms with Crippen LogP contribution in [0.1, 0.15) is 16.7 Å². The molecule has 0 amide bonds. The minimum absolute atomic E-state index is 0. The van der Waals surface area contributed by atoms with E-state index in [9.17, 15) is 0 Å². The maximum atomic E-state index is 2.30. The van der Waals surface area contributed by atoms with E-state index in [2.05, 4.69) is 91.4 Å². The van der Waals surface area contributed by atoms with Crippen LogP contribution in [-0.4, -0.2) is 0 Å². The van der Waals surface area contributed by atoms with Crippen molar-refractivity contribution >= 4 is 11.6 Å². The van der Waals surface area contributed by atoms with Gasteiger partial charge in [0, 0.05) is 32.6 Å². The molecule has 22 heavy (non-hydrogen) atoms. The maximum Gasteiger partial charge on any atom is 0.0211 e. The molecule has 0 N–H and O–H groups in total. The molecular formula is C21H15Zr. The number of hydrogen-bond donors (Lipinski definition) is 0. The standard InChI is InChI=1S/C21H15.Zr/c1-3-8-16(9-4-1)19-14-18-12-7-13-20(21(18)15-19)17-10-5-2-6-11-17;/h1-15H;. The second-order valence-corrected chi connectivity index (χ2v) is 5.28. The van der Waals surface area contributed by atoms with Gasteiger partial charge in [-0.3, -0.25) is 0 Å². The summed E-state index contributed by atoms with van der Waals surface area (Å²) in [4.78, 5) is 0. The molecule has 0 atom stereocenters. The molecule has 0 fully saturated rings. The Morgan fingerprint density at radius 3 is 1.86 bits per heavy atom. The van der Waals surface area contributed by atoms with Crippen LogP contribution in [0.15, 0.2) is 78.9 Å². The van der Waals surface area contributed by atoms with E-state index in [0.717, 1.165) is 0 Å². The van der Waals surface area contributed by atoms with Gasteiger partial charge < -0.3 is 0 Å². The van der Waals surface area contributed by atoms with Gasteiger partial charge in [-0.25, -0.2) is 0 Å². The van der Waals surface area contributed by atoms with E-state index in [1.807, 2.05) is 0 Å². The predicted molar refractivity (Wildman–Crippen MR) is 89.6 cm³/mol. The Kier molecular flexibility index (Phi) is 4.55. The molecule has 1 radical (unpaired) electrons. The molecule has 0 bridgehead atoms. The van der Waals surface area contributed by atoms with Gasteiger partial charge in [0.15, 0.2) is 0 Å². The molecule has 4 rings (SSSR count). The van der Waals surface area contributed by atoms with Crippen molar-refractivity contribution in [1.29, 1.82) is 0 Å². The van der Waals surface area contributed by atoms with Crippen LogP contribution in [0.25, 0.3) is 22.8 Å². The van der Waals surface area contributed by atoms with Crippen molar-refractivity contribution in [2.45, 2.75) is 0 Å². The summed E-state index contributed by atoms with van der Waals surface area (Å²) >= 11 is 0. The Hall–Kier alpha value is -1.72. The van der Waals surface area contributed by atoms with E-state index in [1.165, 1.54) is 33.4 Å². The van der Waals surface area contributed by atoms with E-state index in [1.54, 1.807) is 0 Å². The van der Waals surface area contributed by atoms with Crippen molar-refractivity contribution in [2.24, 2.45) is 0 Å². The second kappa shape index (κ2) is 6.59. The van der Waals surface area contributed by atoms with Gasteiger partial charge in [-0.05, 0) is 39.5 Å². The van der Waals surface area contributed by atoms with E-state index < -0.39 is 0 Å². The molecule has 0 unspecified atom stereocenters. The largest absolute Gasteiger partial charge is 0.0622 e. The maximum absolute atomic E-state index is 2.30. The number of benzene rings is 3. The molecule has 3 aromatic carbocycles. The molecule has 0 nitrogen and oxygen atoms in total. The van der Waals surface area contributed by atoms with Gasteiger partial charge in [0.2, 0.25) is 0 Å². The summed E-state index contributed by atoms with van der Waals surface area (Å²) in [5, 5.41) is 0. The third kappa shape index (κ3) is 2.78. The molecule has 3 aromatic rings. The van der Waals surface area contributed by atoms with Gasteiger partial charge >= 0.3 is 0 Å². The van der Waals surface area contributed by atoms with Crippen LogP contribution in [0, 0.1) is 6.42 Å². The summed E-state index contributed by atoms with van der Waals surface area (Å²) in [6.45, 7) is 0. The van der Waals surface area contributed by atoms with Crippen LogP contribution >= 0.6 is 0 Å². The van der Waals surface area contributed by atoms with E-state index in [4.69, 9.17) is 0 Å². The number of allylic oxidation sites excluding steroid dienone is 1. The molecule has 103 valence electrons. The quantitative estimate of drug-likeness (QED) is 0.571. The van der Waals surface area contributed by atoms with Gasteiger partial charge in [-0.2, -0.15) is 0 Å². The molecule has 1 aliphatic rings. The first-order chi connectivity index (χ1) is 10.4. The summed E-state index contributed by atoms with van der Waals surface area (Å²) in [7, 11) is 0. The monoisotopic (exact) mass is 357 g/mol. The summed E-state index contributed by atoms with van der Waals surface area (Å²) in [6, 6.07) is 27.7. The molecule has 1 aliphatic carbocycles. The topological polar surface area (TPSA) is 0 Å². The van der Waals surface area contributed by atoms with Crippen LogP contribution in [0.2, 0.25) is 0 Å². The minimum atomic E-state index is 0. The van der Waals surface area contributed by atoms with E-state index in [0.29, 0.717) is 0 Å². The van der Waals surface area contributed by atoms with Gasteiger partial charge in [-0.15, -0.1) is 0 Å². The van der Waals surface area contributed by atoms with Gasteiger partial charge in [-0.1, -0.05) is 78.9 Å². The van der Waals surface area contributed by atoms with Gasteiger partial charge in [0.1, 0.15) is 0 Å². The molecule has 0 spiro atoms. The van der Waals surface area contributed by atoms with Crippen molar-refractivity contribution in [3.63, 3.8) is 0 Å². The van der Waals surface area contributed by atoms with Crippen LogP contribution in [0.4, 0.5) is 0 Å². The Balaban J connectivity index is 0.00000144. The Labute approximate surface area is 150 Å². The zero-order chi connectivity index (χ0) is 14.1. The predicted octanol–water partition coefficient (Wildman–Crippen LogP) is 5.46. The molecule has 0 aliphatic heterocycles. The average molecular weight is 359 g/mol. The zero-order valence-electron chi connectivity index (χ0n) is 12.2. The first kappa shape index (κ1) is 15.2. The van der Waals surface area contributed by atoms with Crippen molar-refractivity contribution in [1.82, 2.24) is 0 Å². The van der Waals surface area contributed by atoms with Crippen molar-refractivity contribution < 1.29 is 26.2 Å². The van der Waals surface area contributed by atoms with Crippen LogP contribution < -0.4 is 0 Å². The average Bonchev–Trinajstić information content (AvgIpc) is 3.00. The minimum Gasteiger partial charge on any atom is -0.0622 e. The molecule has 0 saturated heterocycles. The summed E-state index contributed by atoms with van der Waals surface area (Å²) in [5.74, 6) is 0. The Bertz CT molecular complexity index is 802. The van der Waals surface area contributed by atoms with Gasteiger partial charge in [0.05, 0.1) is 0 Å². The van der Waals surface area contributed by atoms with Crippen LogP contribution in [0.5, 0.6) is 0 Å². The number of rotatable bonds is 2. The smallest absolute Gasteiger partial charge is 0.0211 e. The molecule has 1 heteroatoms. The number of hydrogen-bond acceptors (Lipinski definition) is 0.